The van der Waals surface area contributed by atoms with Crippen LogP contribution >= 0.6 is 0 Å². The highest BCUT2D eigenvalue weighted by Crippen LogP contribution is 2.16. The van der Waals surface area contributed by atoms with Crippen LogP contribution in [-0.4, -0.2) is 4.98 Å². The zero-order valence-electron chi connectivity index (χ0n) is 12.1. The van der Waals surface area contributed by atoms with Gasteiger partial charge in [0.1, 0.15) is 0 Å². The van der Waals surface area contributed by atoms with Crippen LogP contribution in [0.4, 0.5) is 0 Å². The maximum absolute atomic E-state index is 9.17. The van der Waals surface area contributed by atoms with Gasteiger partial charge in [-0.1, -0.05) is 51.3 Å². The van der Waals surface area contributed by atoms with E-state index < -0.39 is 0 Å². The third-order valence-corrected chi connectivity index (χ3v) is 2.49. The molecule has 19 heavy (non-hydrogen) atoms. The van der Waals surface area contributed by atoms with Crippen molar-refractivity contribution in [3.63, 3.8) is 0 Å². The quantitative estimate of drug-likeness (QED) is 0.730. The zero-order chi connectivity index (χ0) is 14.7. The number of hydrogen-bond donors (Lipinski definition) is 0. The molecule has 0 fully saturated rings. The van der Waals surface area contributed by atoms with Crippen LogP contribution in [0.2, 0.25) is 0 Å². The smallest absolute Gasteiger partial charge is 0.0767 e. The predicted molar refractivity (Wildman–Crippen MR) is 81.6 cm³/mol. The molecule has 0 radical (unpaired) electrons. The standard InChI is InChI=1S/C15H16N2.C2H6/c1-4-6-13(5-2)14(10-16)9-15-8-7-12(3)11-17-15;1-2/h4-8,11,14H,1-2,9H2,3H3;1-2H3/b13-6+;. The first-order valence-electron chi connectivity index (χ1n) is 6.47. The highest BCUT2D eigenvalue weighted by molar-refractivity contribution is 5.30. The summed E-state index contributed by atoms with van der Waals surface area (Å²) < 4.78 is 0. The summed E-state index contributed by atoms with van der Waals surface area (Å²) in [5.74, 6) is -0.222. The molecule has 1 atom stereocenters. The fourth-order valence-electron chi connectivity index (χ4n) is 1.53. The van der Waals surface area contributed by atoms with Gasteiger partial charge in [0.05, 0.1) is 12.0 Å². The van der Waals surface area contributed by atoms with Crippen LogP contribution in [0.15, 0.2) is 55.3 Å². The largest absolute Gasteiger partial charge is 0.261 e. The minimum Gasteiger partial charge on any atom is -0.261 e. The second kappa shape index (κ2) is 9.85. The van der Waals surface area contributed by atoms with E-state index in [-0.39, 0.29) is 5.92 Å². The van der Waals surface area contributed by atoms with E-state index in [4.69, 9.17) is 5.26 Å². The molecule has 1 unspecified atom stereocenters. The first kappa shape index (κ1) is 16.9. The third-order valence-electron chi connectivity index (χ3n) is 2.49. The van der Waals surface area contributed by atoms with Crippen LogP contribution in [0, 0.1) is 24.2 Å². The van der Waals surface area contributed by atoms with Crippen LogP contribution < -0.4 is 0 Å². The average molecular weight is 254 g/mol. The van der Waals surface area contributed by atoms with Crippen molar-refractivity contribution in [3.8, 4) is 6.07 Å². The van der Waals surface area contributed by atoms with Crippen LogP contribution in [-0.2, 0) is 6.42 Å². The van der Waals surface area contributed by atoms with Gasteiger partial charge in [0.2, 0.25) is 0 Å². The Hall–Kier alpha value is -2.14. The number of pyridine rings is 1. The maximum atomic E-state index is 9.17. The summed E-state index contributed by atoms with van der Waals surface area (Å²) in [6.45, 7) is 13.3. The molecule has 1 rings (SSSR count). The number of aryl methyl sites for hydroxylation is 1. The molecule has 2 nitrogen and oxygen atoms in total. The minimum atomic E-state index is -0.222. The SMILES string of the molecule is C=C/C=C(\C=C)C(C#N)Cc1ccc(C)cn1.CC. The molecule has 0 bridgehead atoms. The zero-order valence-corrected chi connectivity index (χ0v) is 12.1. The summed E-state index contributed by atoms with van der Waals surface area (Å²) in [4.78, 5) is 4.30. The van der Waals surface area contributed by atoms with Gasteiger partial charge in [0.25, 0.3) is 0 Å². The molecule has 1 aromatic rings. The van der Waals surface area contributed by atoms with Crippen molar-refractivity contribution in [2.45, 2.75) is 27.2 Å². The minimum absolute atomic E-state index is 0.222. The van der Waals surface area contributed by atoms with Crippen LogP contribution in [0.1, 0.15) is 25.1 Å². The Labute approximate surface area is 116 Å². The Morgan fingerprint density at radius 1 is 1.42 bits per heavy atom. The molecular weight excluding hydrogens is 232 g/mol. The molecule has 0 aliphatic rings. The van der Waals surface area contributed by atoms with Crippen molar-refractivity contribution in [1.29, 1.82) is 5.26 Å². The lowest BCUT2D eigenvalue weighted by Crippen LogP contribution is -2.05. The van der Waals surface area contributed by atoms with Gasteiger partial charge in [0.15, 0.2) is 0 Å². The topological polar surface area (TPSA) is 36.7 Å². The molecule has 0 aliphatic carbocycles. The summed E-state index contributed by atoms with van der Waals surface area (Å²) >= 11 is 0. The molecule has 0 aromatic carbocycles. The fourth-order valence-corrected chi connectivity index (χ4v) is 1.53. The summed E-state index contributed by atoms with van der Waals surface area (Å²) in [7, 11) is 0. The normalized spacial score (nSPS) is 11.6. The fraction of sp³-hybridized carbons (Fsp3) is 0.294. The number of allylic oxidation sites excluding steroid dienone is 4. The lowest BCUT2D eigenvalue weighted by atomic mass is 9.94. The summed E-state index contributed by atoms with van der Waals surface area (Å²) in [5, 5.41) is 9.17. The van der Waals surface area contributed by atoms with Gasteiger partial charge in [-0.25, -0.2) is 0 Å². The Morgan fingerprint density at radius 2 is 2.11 bits per heavy atom. The van der Waals surface area contributed by atoms with E-state index in [9.17, 15) is 0 Å². The van der Waals surface area contributed by atoms with E-state index in [1.807, 2.05) is 45.2 Å². The van der Waals surface area contributed by atoms with Gasteiger partial charge in [-0.3, -0.25) is 4.98 Å². The average Bonchev–Trinajstić information content (AvgIpc) is 2.46. The van der Waals surface area contributed by atoms with Crippen LogP contribution in [0.5, 0.6) is 0 Å². The molecule has 0 saturated heterocycles. The van der Waals surface area contributed by atoms with Crippen molar-refractivity contribution in [2.75, 3.05) is 0 Å². The Kier molecular flexibility index (Phi) is 8.74. The van der Waals surface area contributed by atoms with Crippen LogP contribution in [0.3, 0.4) is 0 Å². The Bertz CT molecular complexity index is 461. The number of nitrogens with zero attached hydrogens (tertiary/aromatic N) is 2. The first-order valence-corrected chi connectivity index (χ1v) is 6.47. The van der Waals surface area contributed by atoms with Gasteiger partial charge in [-0.15, -0.1) is 0 Å². The second-order valence-electron chi connectivity index (χ2n) is 3.82. The molecule has 1 heterocycles. The number of aromatic nitrogens is 1. The number of rotatable bonds is 5. The van der Waals surface area contributed by atoms with Gasteiger partial charge in [-0.2, -0.15) is 5.26 Å². The predicted octanol–water partition coefficient (Wildman–Crippen LogP) is 4.40. The molecular formula is C17H22N2. The summed E-state index contributed by atoms with van der Waals surface area (Å²) in [5.41, 5.74) is 2.91. The molecule has 2 heteroatoms. The maximum Gasteiger partial charge on any atom is 0.0767 e. The first-order chi connectivity index (χ1) is 9.21. The van der Waals surface area contributed by atoms with Crippen molar-refractivity contribution in [3.05, 3.63) is 66.5 Å². The van der Waals surface area contributed by atoms with Gasteiger partial charge >= 0.3 is 0 Å². The Morgan fingerprint density at radius 3 is 2.53 bits per heavy atom. The highest BCUT2D eigenvalue weighted by Gasteiger charge is 2.12. The number of hydrogen-bond acceptors (Lipinski definition) is 2. The van der Waals surface area contributed by atoms with E-state index >= 15 is 0 Å². The molecule has 0 amide bonds. The van der Waals surface area contributed by atoms with E-state index in [1.54, 1.807) is 12.2 Å². The molecule has 100 valence electrons. The monoisotopic (exact) mass is 254 g/mol. The third kappa shape index (κ3) is 5.83. The Balaban J connectivity index is 0.00000154. The highest BCUT2D eigenvalue weighted by atomic mass is 14.7. The van der Waals surface area contributed by atoms with Crippen molar-refractivity contribution >= 4 is 0 Å². The summed E-state index contributed by atoms with van der Waals surface area (Å²) in [6, 6.07) is 6.23. The lowest BCUT2D eigenvalue weighted by molar-refractivity contribution is 0.764. The van der Waals surface area contributed by atoms with Gasteiger partial charge in [0, 0.05) is 18.3 Å². The van der Waals surface area contributed by atoms with Crippen molar-refractivity contribution in [1.82, 2.24) is 4.98 Å². The molecule has 0 N–H and O–H groups in total. The van der Waals surface area contributed by atoms with Crippen molar-refractivity contribution < 1.29 is 0 Å². The second-order valence-corrected chi connectivity index (χ2v) is 3.82. The van der Waals surface area contributed by atoms with Gasteiger partial charge in [-0.05, 0) is 24.1 Å². The van der Waals surface area contributed by atoms with E-state index in [1.165, 1.54) is 0 Å². The van der Waals surface area contributed by atoms with E-state index in [0.29, 0.717) is 6.42 Å². The molecule has 0 aliphatic heterocycles. The lowest BCUT2D eigenvalue weighted by Gasteiger charge is -2.09. The molecule has 0 spiro atoms. The van der Waals surface area contributed by atoms with Gasteiger partial charge < -0.3 is 0 Å². The number of nitriles is 1. The summed E-state index contributed by atoms with van der Waals surface area (Å²) in [6.07, 6.45) is 7.60. The molecule has 1 aromatic heterocycles. The van der Waals surface area contributed by atoms with E-state index in [0.717, 1.165) is 16.8 Å². The molecule has 0 saturated carbocycles. The van der Waals surface area contributed by atoms with Crippen LogP contribution in [0.25, 0.3) is 0 Å². The van der Waals surface area contributed by atoms with E-state index in [2.05, 4.69) is 24.2 Å². The van der Waals surface area contributed by atoms with Crippen molar-refractivity contribution in [2.24, 2.45) is 5.92 Å².